The van der Waals surface area contributed by atoms with Gasteiger partial charge in [-0.05, 0) is 19.3 Å². The highest BCUT2D eigenvalue weighted by Gasteiger charge is 2.16. The molecule has 1 aliphatic rings. The van der Waals surface area contributed by atoms with Crippen molar-refractivity contribution in [1.29, 1.82) is 0 Å². The second kappa shape index (κ2) is 5.00. The Bertz CT molecular complexity index is 182. The molecule has 1 aliphatic heterocycles. The number of rotatable bonds is 4. The van der Waals surface area contributed by atoms with Gasteiger partial charge in [-0.15, -0.1) is 0 Å². The van der Waals surface area contributed by atoms with Crippen LogP contribution in [-0.4, -0.2) is 23.9 Å². The lowest BCUT2D eigenvalue weighted by molar-refractivity contribution is 0.380. The summed E-state index contributed by atoms with van der Waals surface area (Å²) in [4.78, 5) is 12.6. The fraction of sp³-hybridized carbons (Fsp3) is 0.800. The lowest BCUT2D eigenvalue weighted by atomic mass is 10.2. The van der Waals surface area contributed by atoms with E-state index in [1.807, 2.05) is 5.94 Å². The van der Waals surface area contributed by atoms with Crippen LogP contribution in [0.4, 0.5) is 0 Å². The Morgan fingerprint density at radius 2 is 2.33 bits per heavy atom. The molecule has 2 nitrogen and oxygen atoms in total. The molecular weight excluding hydrogens is 150 g/mol. The van der Waals surface area contributed by atoms with E-state index in [1.54, 1.807) is 0 Å². The first-order valence-electron chi connectivity index (χ1n) is 4.87. The molecular formula is C10H17NO. The second-order valence-corrected chi connectivity index (χ2v) is 3.35. The number of hydrogen-bond acceptors (Lipinski definition) is 2. The zero-order valence-corrected chi connectivity index (χ0v) is 7.81. The van der Waals surface area contributed by atoms with Crippen LogP contribution in [0.3, 0.4) is 0 Å². The zero-order valence-electron chi connectivity index (χ0n) is 7.81. The van der Waals surface area contributed by atoms with Crippen molar-refractivity contribution in [1.82, 2.24) is 4.90 Å². The van der Waals surface area contributed by atoms with Crippen LogP contribution in [0.5, 0.6) is 0 Å². The van der Waals surface area contributed by atoms with Gasteiger partial charge in [0, 0.05) is 13.1 Å². The number of unbranched alkanes of at least 4 members (excludes halogenated alkanes) is 2. The van der Waals surface area contributed by atoms with Gasteiger partial charge in [0.2, 0.25) is 0 Å². The standard InChI is InChI=1S/C10H17NO/c1-2-3-4-7-11-8-5-6-10(11)9-12/h2-8H2,1H3. The predicted octanol–water partition coefficient (Wildman–Crippen LogP) is 1.99. The monoisotopic (exact) mass is 167 g/mol. The third-order valence-electron chi connectivity index (χ3n) is 2.37. The molecule has 68 valence electrons. The smallest absolute Gasteiger partial charge is 0.145 e. The highest BCUT2D eigenvalue weighted by atomic mass is 16.1. The van der Waals surface area contributed by atoms with Crippen LogP contribution < -0.4 is 0 Å². The first-order valence-corrected chi connectivity index (χ1v) is 4.87. The summed E-state index contributed by atoms with van der Waals surface area (Å²) in [5, 5.41) is 0. The van der Waals surface area contributed by atoms with Gasteiger partial charge in [-0.2, -0.15) is 0 Å². The molecule has 0 aromatic carbocycles. The first-order chi connectivity index (χ1) is 5.88. The van der Waals surface area contributed by atoms with E-state index in [9.17, 15) is 4.79 Å². The number of nitrogens with zero attached hydrogens (tertiary/aromatic N) is 1. The maximum atomic E-state index is 10.4. The summed E-state index contributed by atoms with van der Waals surface area (Å²) in [5.74, 6) is 2.03. The van der Waals surface area contributed by atoms with Crippen molar-refractivity contribution in [2.45, 2.75) is 39.0 Å². The van der Waals surface area contributed by atoms with Crippen LogP contribution in [-0.2, 0) is 4.79 Å². The lowest BCUT2D eigenvalue weighted by Gasteiger charge is -2.16. The number of likely N-dealkylation sites (tertiary alicyclic amines) is 1. The number of carbonyl (C=O) groups excluding carboxylic acids is 1. The SMILES string of the molecule is CCCCCN1CCCC1=C=O. The van der Waals surface area contributed by atoms with Gasteiger partial charge in [-0.25, -0.2) is 4.79 Å². The van der Waals surface area contributed by atoms with Crippen molar-refractivity contribution < 1.29 is 4.79 Å². The van der Waals surface area contributed by atoms with E-state index in [0.29, 0.717) is 0 Å². The van der Waals surface area contributed by atoms with Crippen molar-refractivity contribution in [3.05, 3.63) is 5.70 Å². The Labute approximate surface area is 74.2 Å². The fourth-order valence-corrected chi connectivity index (χ4v) is 1.65. The van der Waals surface area contributed by atoms with Gasteiger partial charge in [0.05, 0.1) is 5.70 Å². The molecule has 0 aliphatic carbocycles. The molecule has 1 rings (SSSR count). The molecule has 12 heavy (non-hydrogen) atoms. The molecule has 0 bridgehead atoms. The summed E-state index contributed by atoms with van der Waals surface area (Å²) in [6.45, 7) is 4.31. The summed E-state index contributed by atoms with van der Waals surface area (Å²) in [6, 6.07) is 0. The van der Waals surface area contributed by atoms with Crippen LogP contribution in [0.1, 0.15) is 39.0 Å². The van der Waals surface area contributed by atoms with E-state index in [0.717, 1.165) is 31.6 Å². The minimum atomic E-state index is 0.895. The quantitative estimate of drug-likeness (QED) is 0.471. The van der Waals surface area contributed by atoms with Gasteiger partial charge < -0.3 is 4.90 Å². The molecule has 1 fully saturated rings. The number of hydrogen-bond donors (Lipinski definition) is 0. The van der Waals surface area contributed by atoms with Crippen molar-refractivity contribution in [2.75, 3.05) is 13.1 Å². The third-order valence-corrected chi connectivity index (χ3v) is 2.37. The Hall–Kier alpha value is -0.750. The van der Waals surface area contributed by atoms with Crippen LogP contribution in [0.25, 0.3) is 0 Å². The molecule has 0 radical (unpaired) electrons. The molecule has 0 amide bonds. The van der Waals surface area contributed by atoms with Gasteiger partial charge in [-0.3, -0.25) is 0 Å². The van der Waals surface area contributed by atoms with Crippen LogP contribution >= 0.6 is 0 Å². The molecule has 1 saturated heterocycles. The highest BCUT2D eigenvalue weighted by molar-refractivity contribution is 5.52. The normalized spacial score (nSPS) is 16.8. The Kier molecular flexibility index (Phi) is 3.89. The summed E-state index contributed by atoms with van der Waals surface area (Å²) in [5.41, 5.74) is 0.895. The van der Waals surface area contributed by atoms with E-state index >= 15 is 0 Å². The molecule has 0 aromatic heterocycles. The van der Waals surface area contributed by atoms with Gasteiger partial charge in [0.1, 0.15) is 5.94 Å². The zero-order chi connectivity index (χ0) is 8.81. The largest absolute Gasteiger partial charge is 0.366 e. The molecule has 1 heterocycles. The van der Waals surface area contributed by atoms with Crippen LogP contribution in [0.2, 0.25) is 0 Å². The van der Waals surface area contributed by atoms with E-state index in [1.165, 1.54) is 19.3 Å². The highest BCUT2D eigenvalue weighted by Crippen LogP contribution is 2.18. The van der Waals surface area contributed by atoms with E-state index in [4.69, 9.17) is 0 Å². The van der Waals surface area contributed by atoms with Crippen molar-refractivity contribution >= 4 is 5.94 Å². The summed E-state index contributed by atoms with van der Waals surface area (Å²) in [6.07, 6.45) is 5.80. The van der Waals surface area contributed by atoms with E-state index in [2.05, 4.69) is 11.8 Å². The van der Waals surface area contributed by atoms with E-state index < -0.39 is 0 Å². The Morgan fingerprint density at radius 1 is 1.50 bits per heavy atom. The van der Waals surface area contributed by atoms with Crippen molar-refractivity contribution in [3.8, 4) is 0 Å². The summed E-state index contributed by atoms with van der Waals surface area (Å²) in [7, 11) is 0. The molecule has 0 spiro atoms. The molecule has 0 N–H and O–H groups in total. The Balaban J connectivity index is 2.27. The van der Waals surface area contributed by atoms with E-state index in [-0.39, 0.29) is 0 Å². The topological polar surface area (TPSA) is 20.3 Å². The van der Waals surface area contributed by atoms with Gasteiger partial charge in [-0.1, -0.05) is 19.8 Å². The van der Waals surface area contributed by atoms with Gasteiger partial charge in [0.15, 0.2) is 0 Å². The summed E-state index contributed by atoms with van der Waals surface area (Å²) < 4.78 is 0. The minimum absolute atomic E-state index is 0.895. The maximum Gasteiger partial charge on any atom is 0.145 e. The predicted molar refractivity (Wildman–Crippen MR) is 49.5 cm³/mol. The van der Waals surface area contributed by atoms with Crippen molar-refractivity contribution in [3.63, 3.8) is 0 Å². The van der Waals surface area contributed by atoms with Crippen LogP contribution in [0.15, 0.2) is 5.70 Å². The fourth-order valence-electron chi connectivity index (χ4n) is 1.65. The van der Waals surface area contributed by atoms with Gasteiger partial charge in [0.25, 0.3) is 0 Å². The summed E-state index contributed by atoms with van der Waals surface area (Å²) >= 11 is 0. The third kappa shape index (κ3) is 2.38. The molecule has 2 heteroatoms. The van der Waals surface area contributed by atoms with Crippen molar-refractivity contribution in [2.24, 2.45) is 0 Å². The van der Waals surface area contributed by atoms with Crippen LogP contribution in [0, 0.1) is 0 Å². The minimum Gasteiger partial charge on any atom is -0.366 e. The average Bonchev–Trinajstić information content (AvgIpc) is 2.52. The lowest BCUT2D eigenvalue weighted by Crippen LogP contribution is -2.19. The Morgan fingerprint density at radius 3 is 3.00 bits per heavy atom. The molecule has 0 atom stereocenters. The molecule has 0 unspecified atom stereocenters. The molecule has 0 aromatic rings. The molecule has 0 saturated carbocycles. The second-order valence-electron chi connectivity index (χ2n) is 3.35. The first kappa shape index (κ1) is 9.34. The maximum absolute atomic E-state index is 10.4. The van der Waals surface area contributed by atoms with Gasteiger partial charge >= 0.3 is 0 Å². The average molecular weight is 167 g/mol. The number of allylic oxidation sites excluding steroid dienone is 1.